The number of thiophene rings is 1. The van der Waals surface area contributed by atoms with Gasteiger partial charge in [-0.25, -0.2) is 0 Å². The summed E-state index contributed by atoms with van der Waals surface area (Å²) in [5.74, 6) is 0. The van der Waals surface area contributed by atoms with E-state index in [9.17, 15) is 0 Å². The van der Waals surface area contributed by atoms with E-state index in [1.54, 1.807) is 4.88 Å². The molecule has 1 fully saturated rings. The molecule has 1 aliphatic carbocycles. The summed E-state index contributed by atoms with van der Waals surface area (Å²) in [5.41, 5.74) is 0.602. The molecule has 0 saturated heterocycles. The summed E-state index contributed by atoms with van der Waals surface area (Å²) >= 11 is 5.60. The molecule has 1 aromatic rings. The fourth-order valence-corrected chi connectivity index (χ4v) is 3.12. The third-order valence-corrected chi connectivity index (χ3v) is 4.69. The Morgan fingerprint density at radius 2 is 2.42 bits per heavy atom. The molecule has 0 N–H and O–H groups in total. The third kappa shape index (κ3) is 1.60. The highest BCUT2D eigenvalue weighted by atomic mass is 79.9. The van der Waals surface area contributed by atoms with Crippen molar-refractivity contribution >= 4 is 27.3 Å². The zero-order chi connectivity index (χ0) is 8.60. The van der Waals surface area contributed by atoms with Gasteiger partial charge in [0, 0.05) is 9.70 Å². The molecule has 1 saturated carbocycles. The van der Waals surface area contributed by atoms with Gasteiger partial charge in [0.25, 0.3) is 0 Å². The van der Waals surface area contributed by atoms with Gasteiger partial charge in [0.15, 0.2) is 0 Å². The van der Waals surface area contributed by atoms with Gasteiger partial charge >= 0.3 is 0 Å². The lowest BCUT2D eigenvalue weighted by Crippen LogP contribution is -2.14. The SMILES string of the molecule is CC(Br)C1(Cc2cccs2)CC1. The quantitative estimate of drug-likeness (QED) is 0.709. The largest absolute Gasteiger partial charge is 0.149 e. The molecule has 0 aliphatic heterocycles. The van der Waals surface area contributed by atoms with Gasteiger partial charge in [0.1, 0.15) is 0 Å². The Morgan fingerprint density at radius 3 is 2.83 bits per heavy atom. The Balaban J connectivity index is 2.04. The lowest BCUT2D eigenvalue weighted by molar-refractivity contribution is 0.513. The summed E-state index contributed by atoms with van der Waals surface area (Å²) in [7, 11) is 0. The smallest absolute Gasteiger partial charge is 0.0177 e. The van der Waals surface area contributed by atoms with Crippen molar-refractivity contribution in [2.24, 2.45) is 5.41 Å². The summed E-state index contributed by atoms with van der Waals surface area (Å²) in [6.07, 6.45) is 4.08. The van der Waals surface area contributed by atoms with Crippen LogP contribution in [0.1, 0.15) is 24.6 Å². The first kappa shape index (κ1) is 8.76. The fourth-order valence-electron chi connectivity index (χ4n) is 1.64. The maximum absolute atomic E-state index is 3.71. The molecule has 66 valence electrons. The monoisotopic (exact) mass is 244 g/mol. The Hall–Kier alpha value is 0.180. The maximum atomic E-state index is 3.71. The average molecular weight is 245 g/mol. The molecule has 2 rings (SSSR count). The maximum Gasteiger partial charge on any atom is 0.0177 e. The van der Waals surface area contributed by atoms with Crippen LogP contribution < -0.4 is 0 Å². The lowest BCUT2D eigenvalue weighted by atomic mass is 9.98. The van der Waals surface area contributed by atoms with E-state index in [1.165, 1.54) is 19.3 Å². The van der Waals surface area contributed by atoms with Crippen LogP contribution in [0.3, 0.4) is 0 Å². The molecular weight excluding hydrogens is 232 g/mol. The molecule has 2 heteroatoms. The highest BCUT2D eigenvalue weighted by Gasteiger charge is 2.46. The topological polar surface area (TPSA) is 0 Å². The summed E-state index contributed by atoms with van der Waals surface area (Å²) in [5, 5.41) is 2.17. The molecule has 0 radical (unpaired) electrons. The lowest BCUT2D eigenvalue weighted by Gasteiger charge is -2.16. The van der Waals surface area contributed by atoms with Gasteiger partial charge in [-0.05, 0) is 36.1 Å². The number of alkyl halides is 1. The minimum atomic E-state index is 0.602. The zero-order valence-corrected chi connectivity index (χ0v) is 9.62. The van der Waals surface area contributed by atoms with Crippen molar-refractivity contribution in [3.05, 3.63) is 22.4 Å². The van der Waals surface area contributed by atoms with Crippen LogP contribution in [0.4, 0.5) is 0 Å². The first-order chi connectivity index (χ1) is 5.73. The van der Waals surface area contributed by atoms with Crippen molar-refractivity contribution in [1.29, 1.82) is 0 Å². The van der Waals surface area contributed by atoms with Gasteiger partial charge in [0.2, 0.25) is 0 Å². The van der Waals surface area contributed by atoms with E-state index in [0.717, 1.165) is 0 Å². The fraction of sp³-hybridized carbons (Fsp3) is 0.600. The van der Waals surface area contributed by atoms with Crippen molar-refractivity contribution in [3.63, 3.8) is 0 Å². The van der Waals surface area contributed by atoms with Crippen molar-refractivity contribution in [2.45, 2.75) is 31.0 Å². The molecule has 1 atom stereocenters. The minimum absolute atomic E-state index is 0.602. The highest BCUT2D eigenvalue weighted by Crippen LogP contribution is 2.54. The molecule has 1 aromatic heterocycles. The van der Waals surface area contributed by atoms with Crippen molar-refractivity contribution < 1.29 is 0 Å². The van der Waals surface area contributed by atoms with Crippen LogP contribution >= 0.6 is 27.3 Å². The van der Waals surface area contributed by atoms with E-state index in [1.807, 2.05) is 11.3 Å². The summed E-state index contributed by atoms with van der Waals surface area (Å²) in [6, 6.07) is 4.40. The molecular formula is C10H13BrS. The summed E-state index contributed by atoms with van der Waals surface area (Å²) in [6.45, 7) is 2.28. The van der Waals surface area contributed by atoms with Crippen molar-refractivity contribution in [2.75, 3.05) is 0 Å². The van der Waals surface area contributed by atoms with E-state index >= 15 is 0 Å². The molecule has 0 aromatic carbocycles. The predicted octanol–water partition coefficient (Wildman–Crippen LogP) is 3.85. The van der Waals surface area contributed by atoms with Gasteiger partial charge in [-0.15, -0.1) is 11.3 Å². The van der Waals surface area contributed by atoms with Crippen molar-refractivity contribution in [1.82, 2.24) is 0 Å². The standard InChI is InChI=1S/C10H13BrS/c1-8(11)10(4-5-10)7-9-3-2-6-12-9/h2-3,6,8H,4-5,7H2,1H3. The second kappa shape index (κ2) is 3.15. The molecule has 0 nitrogen and oxygen atoms in total. The Kier molecular flexibility index (Phi) is 2.30. The third-order valence-electron chi connectivity index (χ3n) is 2.84. The molecule has 1 heterocycles. The normalized spacial score (nSPS) is 22.2. The first-order valence-electron chi connectivity index (χ1n) is 4.39. The number of hydrogen-bond donors (Lipinski definition) is 0. The number of halogens is 1. The van der Waals surface area contributed by atoms with Crippen LogP contribution in [0.2, 0.25) is 0 Å². The second-order valence-corrected chi connectivity index (χ2v) is 6.14. The summed E-state index contributed by atoms with van der Waals surface area (Å²) < 4.78 is 0. The highest BCUT2D eigenvalue weighted by molar-refractivity contribution is 9.09. The minimum Gasteiger partial charge on any atom is -0.149 e. The average Bonchev–Trinajstić information content (AvgIpc) is 2.60. The van der Waals surface area contributed by atoms with Gasteiger partial charge in [-0.2, -0.15) is 0 Å². The van der Waals surface area contributed by atoms with E-state index in [2.05, 4.69) is 40.4 Å². The zero-order valence-electron chi connectivity index (χ0n) is 7.22. The predicted molar refractivity (Wildman–Crippen MR) is 58.1 cm³/mol. The van der Waals surface area contributed by atoms with Crippen molar-refractivity contribution in [3.8, 4) is 0 Å². The summed E-state index contributed by atoms with van der Waals surface area (Å²) in [4.78, 5) is 2.21. The first-order valence-corrected chi connectivity index (χ1v) is 6.19. The number of rotatable bonds is 3. The molecule has 0 bridgehead atoms. The number of hydrogen-bond acceptors (Lipinski definition) is 1. The van der Waals surface area contributed by atoms with Gasteiger partial charge in [-0.1, -0.05) is 28.9 Å². The molecule has 0 amide bonds. The van der Waals surface area contributed by atoms with Gasteiger partial charge in [0.05, 0.1) is 0 Å². The van der Waals surface area contributed by atoms with Crippen LogP contribution in [-0.2, 0) is 6.42 Å². The van der Waals surface area contributed by atoms with Crippen LogP contribution in [0.25, 0.3) is 0 Å². The Morgan fingerprint density at radius 1 is 1.67 bits per heavy atom. The van der Waals surface area contributed by atoms with Crippen LogP contribution in [-0.4, -0.2) is 4.83 Å². The Labute approximate surface area is 86.1 Å². The Bertz CT molecular complexity index is 247. The van der Waals surface area contributed by atoms with Crippen LogP contribution in [0, 0.1) is 5.41 Å². The van der Waals surface area contributed by atoms with Gasteiger partial charge < -0.3 is 0 Å². The van der Waals surface area contributed by atoms with Crippen LogP contribution in [0.5, 0.6) is 0 Å². The molecule has 0 spiro atoms. The molecule has 1 aliphatic rings. The second-order valence-electron chi connectivity index (χ2n) is 3.73. The van der Waals surface area contributed by atoms with E-state index in [-0.39, 0.29) is 0 Å². The van der Waals surface area contributed by atoms with E-state index in [4.69, 9.17) is 0 Å². The molecule has 12 heavy (non-hydrogen) atoms. The molecule has 1 unspecified atom stereocenters. The van der Waals surface area contributed by atoms with Gasteiger partial charge in [-0.3, -0.25) is 0 Å². The van der Waals surface area contributed by atoms with E-state index < -0.39 is 0 Å². The van der Waals surface area contributed by atoms with E-state index in [0.29, 0.717) is 10.2 Å². The van der Waals surface area contributed by atoms with Crippen LogP contribution in [0.15, 0.2) is 17.5 Å².